The molecular weight excluding hydrogens is 729 g/mol. The number of furan rings is 1. The molecule has 8 rings (SSSR count). The molecule has 57 heavy (non-hydrogen) atoms. The molecule has 0 saturated carbocycles. The first-order valence-electron chi connectivity index (χ1n) is 19.9. The van der Waals surface area contributed by atoms with Gasteiger partial charge in [-0.05, 0) is 73.9 Å². The van der Waals surface area contributed by atoms with Crippen LogP contribution in [0.5, 0.6) is 0 Å². The average molecular weight is 779 g/mol. The zero-order valence-electron chi connectivity index (χ0n) is 33.2. The third kappa shape index (κ3) is 6.97. The Morgan fingerprint density at radius 2 is 1.40 bits per heavy atom. The number of aromatic amines is 2. The molecule has 300 valence electrons. The Labute approximate surface area is 330 Å². The molecule has 15 nitrogen and oxygen atoms in total. The van der Waals surface area contributed by atoms with E-state index in [1.165, 1.54) is 14.2 Å². The third-order valence-electron chi connectivity index (χ3n) is 11.7. The number of ether oxygens (including phenoxy) is 2. The second-order valence-electron chi connectivity index (χ2n) is 16.0. The lowest BCUT2D eigenvalue weighted by atomic mass is 9.98. The van der Waals surface area contributed by atoms with E-state index in [9.17, 15) is 19.2 Å². The van der Waals surface area contributed by atoms with Crippen LogP contribution >= 0.6 is 0 Å². The van der Waals surface area contributed by atoms with Gasteiger partial charge in [-0.2, -0.15) is 0 Å². The Kier molecular flexibility index (Phi) is 10.2. The standard InChI is InChI=1S/C42H50N8O7/c1-21(2)32(47-41(53)55-5)39(51)49-17-7-9-29(49)37-43-27-15-12-23-19-24(11-14-26(23)34(27)45-37)31-20-25-13-16-28-35(36(25)57-31)46-38(44-28)30-10-8-18-50(30)40(52)33(22(3)4)48-42(54)56-6/h11-12,14-15,19-22,29-30,32-33H,7-10,13,16-18H2,1-6H3,(H,43,45)(H,44,46)(H,47,53)(H,48,54)/t29-,30-,32-,33-/m0/s1. The molecule has 3 aliphatic rings. The molecule has 0 spiro atoms. The normalized spacial score (nSPS) is 18.9. The molecule has 2 aromatic carbocycles. The molecule has 4 atom stereocenters. The van der Waals surface area contributed by atoms with Crippen LogP contribution in [0.15, 0.2) is 40.8 Å². The van der Waals surface area contributed by atoms with E-state index >= 15 is 0 Å². The second kappa shape index (κ2) is 15.2. The monoisotopic (exact) mass is 778 g/mol. The van der Waals surface area contributed by atoms with Crippen molar-refractivity contribution in [1.29, 1.82) is 0 Å². The lowest BCUT2D eigenvalue weighted by molar-refractivity contribution is -0.136. The predicted octanol–water partition coefficient (Wildman–Crippen LogP) is 6.55. The largest absolute Gasteiger partial charge is 0.454 e. The van der Waals surface area contributed by atoms with Crippen LogP contribution in [0.2, 0.25) is 0 Å². The topological polar surface area (TPSA) is 188 Å². The molecule has 3 aromatic heterocycles. The number of H-pyrrole nitrogens is 2. The van der Waals surface area contributed by atoms with Gasteiger partial charge in [0.1, 0.15) is 35.2 Å². The lowest BCUT2D eigenvalue weighted by Crippen LogP contribution is -2.51. The van der Waals surface area contributed by atoms with E-state index in [4.69, 9.17) is 23.9 Å². The summed E-state index contributed by atoms with van der Waals surface area (Å²) in [6, 6.07) is 10.5. The number of imidazole rings is 2. The summed E-state index contributed by atoms with van der Waals surface area (Å²) < 4.78 is 16.2. The fourth-order valence-electron chi connectivity index (χ4n) is 8.69. The van der Waals surface area contributed by atoms with E-state index in [-0.39, 0.29) is 35.7 Å². The minimum absolute atomic E-state index is 0.118. The van der Waals surface area contributed by atoms with Crippen LogP contribution in [0.3, 0.4) is 0 Å². The zero-order valence-corrected chi connectivity index (χ0v) is 33.2. The minimum Gasteiger partial charge on any atom is -0.454 e. The van der Waals surface area contributed by atoms with Crippen molar-refractivity contribution < 1.29 is 33.1 Å². The summed E-state index contributed by atoms with van der Waals surface area (Å²) in [6.45, 7) is 8.78. The van der Waals surface area contributed by atoms with E-state index in [1.807, 2.05) is 49.6 Å². The highest BCUT2D eigenvalue weighted by Gasteiger charge is 2.40. The number of carbonyl (C=O) groups excluding carboxylic acids is 4. The summed E-state index contributed by atoms with van der Waals surface area (Å²) in [5, 5.41) is 7.41. The maximum absolute atomic E-state index is 13.7. The van der Waals surface area contributed by atoms with Crippen molar-refractivity contribution in [2.45, 2.75) is 90.4 Å². The van der Waals surface area contributed by atoms with Gasteiger partial charge in [0.15, 0.2) is 5.76 Å². The number of benzene rings is 2. The van der Waals surface area contributed by atoms with Gasteiger partial charge in [0.2, 0.25) is 11.8 Å². The fraction of sp³-hybridized carbons (Fsp3) is 0.476. The number of methoxy groups -OCH3 is 2. The third-order valence-corrected chi connectivity index (χ3v) is 11.7. The zero-order chi connectivity index (χ0) is 40.1. The number of nitrogens with zero attached hydrogens (tertiary/aromatic N) is 4. The van der Waals surface area contributed by atoms with Crippen molar-refractivity contribution in [2.24, 2.45) is 11.8 Å². The van der Waals surface area contributed by atoms with Crippen LogP contribution in [0.25, 0.3) is 44.6 Å². The second-order valence-corrected chi connectivity index (χ2v) is 16.0. The Morgan fingerprint density at radius 3 is 2.00 bits per heavy atom. The summed E-state index contributed by atoms with van der Waals surface area (Å²) >= 11 is 0. The number of hydrogen-bond acceptors (Lipinski definition) is 9. The van der Waals surface area contributed by atoms with E-state index in [0.717, 1.165) is 106 Å². The first kappa shape index (κ1) is 38.0. The van der Waals surface area contributed by atoms with Gasteiger partial charge in [0, 0.05) is 35.3 Å². The molecule has 5 heterocycles. The Balaban J connectivity index is 1.04. The quantitative estimate of drug-likeness (QED) is 0.129. The SMILES string of the molecule is COC(=O)N[C@H](C(=O)N1CCC[C@H]1c1nc2c([nH]1)CCc1cc(-c3ccc4c(ccc5[nH]c([C@@H]6CCCN6C(=O)[C@@H](NC(=O)OC)C(C)C)nc54)c3)oc1-2)C(C)C. The van der Waals surface area contributed by atoms with Gasteiger partial charge in [-0.25, -0.2) is 19.6 Å². The van der Waals surface area contributed by atoms with Gasteiger partial charge < -0.3 is 44.3 Å². The highest BCUT2D eigenvalue weighted by molar-refractivity contribution is 6.05. The molecule has 0 radical (unpaired) electrons. The van der Waals surface area contributed by atoms with Gasteiger partial charge in [-0.1, -0.05) is 45.9 Å². The first-order valence-corrected chi connectivity index (χ1v) is 19.9. The Hall–Kier alpha value is -5.86. The molecule has 2 aliphatic heterocycles. The number of nitrogens with one attached hydrogen (secondary N) is 4. The number of aryl methyl sites for hydroxylation is 2. The minimum atomic E-state index is -0.704. The van der Waals surface area contributed by atoms with Gasteiger partial charge in [-0.3, -0.25) is 9.59 Å². The van der Waals surface area contributed by atoms with Crippen LogP contribution < -0.4 is 10.6 Å². The molecular formula is C42H50N8O7. The summed E-state index contributed by atoms with van der Waals surface area (Å²) in [5.74, 6) is 2.41. The van der Waals surface area contributed by atoms with Crippen LogP contribution in [0.4, 0.5) is 9.59 Å². The first-order chi connectivity index (χ1) is 27.4. The van der Waals surface area contributed by atoms with E-state index in [0.29, 0.717) is 13.1 Å². The van der Waals surface area contributed by atoms with Crippen LogP contribution in [-0.2, 0) is 31.9 Å². The number of carbonyl (C=O) groups is 4. The molecule has 5 aromatic rings. The van der Waals surface area contributed by atoms with Crippen LogP contribution in [0.1, 0.15) is 88.4 Å². The number of rotatable bonds is 9. The molecule has 1 aliphatic carbocycles. The Bertz CT molecular complexity index is 2360. The summed E-state index contributed by atoms with van der Waals surface area (Å²) in [5.41, 5.74) is 5.49. The van der Waals surface area contributed by atoms with Crippen molar-refractivity contribution in [3.8, 4) is 22.8 Å². The van der Waals surface area contributed by atoms with Gasteiger partial charge in [-0.15, -0.1) is 0 Å². The van der Waals surface area contributed by atoms with Crippen molar-refractivity contribution in [1.82, 2.24) is 40.4 Å². The van der Waals surface area contributed by atoms with Crippen molar-refractivity contribution >= 4 is 45.8 Å². The number of likely N-dealkylation sites (tertiary alicyclic amines) is 2. The van der Waals surface area contributed by atoms with Crippen molar-refractivity contribution in [2.75, 3.05) is 27.3 Å². The Morgan fingerprint density at radius 1 is 0.789 bits per heavy atom. The number of hydrogen-bond donors (Lipinski definition) is 4. The molecule has 0 unspecified atom stereocenters. The number of alkyl carbamates (subject to hydrolysis) is 2. The summed E-state index contributed by atoms with van der Waals surface area (Å²) in [6.07, 6.45) is 3.51. The lowest BCUT2D eigenvalue weighted by Gasteiger charge is -2.30. The highest BCUT2D eigenvalue weighted by atomic mass is 16.5. The number of amides is 4. The molecule has 15 heteroatoms. The highest BCUT2D eigenvalue weighted by Crippen LogP contribution is 2.41. The van der Waals surface area contributed by atoms with E-state index in [2.05, 4.69) is 44.9 Å². The maximum Gasteiger partial charge on any atom is 0.407 e. The van der Waals surface area contributed by atoms with Crippen LogP contribution in [0, 0.1) is 11.8 Å². The molecule has 2 fully saturated rings. The van der Waals surface area contributed by atoms with Crippen molar-refractivity contribution in [3.63, 3.8) is 0 Å². The van der Waals surface area contributed by atoms with Gasteiger partial charge >= 0.3 is 12.2 Å². The van der Waals surface area contributed by atoms with Crippen molar-refractivity contribution in [3.05, 3.63) is 59.3 Å². The van der Waals surface area contributed by atoms with Crippen LogP contribution in [-0.4, -0.2) is 93.1 Å². The summed E-state index contributed by atoms with van der Waals surface area (Å²) in [4.78, 5) is 72.3. The van der Waals surface area contributed by atoms with Gasteiger partial charge in [0.25, 0.3) is 0 Å². The average Bonchev–Trinajstić information content (AvgIpc) is 4.05. The van der Waals surface area contributed by atoms with Gasteiger partial charge in [0.05, 0.1) is 37.3 Å². The number of fused-ring (bicyclic) bond motifs is 6. The van der Waals surface area contributed by atoms with E-state index < -0.39 is 24.3 Å². The molecule has 4 N–H and O–H groups in total. The van der Waals surface area contributed by atoms with E-state index in [1.54, 1.807) is 0 Å². The summed E-state index contributed by atoms with van der Waals surface area (Å²) in [7, 11) is 2.58. The molecule has 2 saturated heterocycles. The maximum atomic E-state index is 13.7. The predicted molar refractivity (Wildman–Crippen MR) is 212 cm³/mol. The fourth-order valence-corrected chi connectivity index (χ4v) is 8.69. The molecule has 4 amide bonds. The smallest absolute Gasteiger partial charge is 0.407 e. The number of aromatic nitrogens is 4. The molecule has 0 bridgehead atoms.